The van der Waals surface area contributed by atoms with Crippen molar-refractivity contribution in [3.8, 4) is 0 Å². The van der Waals surface area contributed by atoms with Gasteiger partial charge in [-0.1, -0.05) is 12.1 Å². The summed E-state index contributed by atoms with van der Waals surface area (Å²) in [5.41, 5.74) is 3.80. The molecule has 6 nitrogen and oxygen atoms in total. The second-order valence-electron chi connectivity index (χ2n) is 9.40. The van der Waals surface area contributed by atoms with Crippen LogP contribution in [0.4, 0.5) is 15.8 Å². The third-order valence-corrected chi connectivity index (χ3v) is 7.18. The largest absolute Gasteiger partial charge is 0.371 e. The van der Waals surface area contributed by atoms with Gasteiger partial charge in [-0.3, -0.25) is 9.69 Å². The van der Waals surface area contributed by atoms with Gasteiger partial charge < -0.3 is 20.1 Å². The molecular weight excluding hydrogens is 417 g/mol. The summed E-state index contributed by atoms with van der Waals surface area (Å²) in [6.07, 6.45) is 2.33. The van der Waals surface area contributed by atoms with Crippen molar-refractivity contribution in [2.24, 2.45) is 0 Å². The molecule has 0 radical (unpaired) electrons. The van der Waals surface area contributed by atoms with E-state index in [4.69, 9.17) is 0 Å². The van der Waals surface area contributed by atoms with E-state index >= 15 is 0 Å². The van der Waals surface area contributed by atoms with Crippen LogP contribution in [0.25, 0.3) is 10.9 Å². The number of carbonyl (C=O) groups is 1. The Bertz CT molecular complexity index is 1100. The lowest BCUT2D eigenvalue weighted by Crippen LogP contribution is -2.52. The zero-order valence-corrected chi connectivity index (χ0v) is 19.4. The molecule has 33 heavy (non-hydrogen) atoms. The SMILES string of the molecule is Cc1ccc(F)c2cc(C(=O)Nc3cccc(N4CCC(N5CCN(C)CC5)CC4)c3)[nH]c12. The van der Waals surface area contributed by atoms with Crippen LogP contribution in [0.1, 0.15) is 28.9 Å². The van der Waals surface area contributed by atoms with Crippen molar-refractivity contribution in [2.45, 2.75) is 25.8 Å². The highest BCUT2D eigenvalue weighted by Crippen LogP contribution is 2.27. The number of carbonyl (C=O) groups excluding carboxylic acids is 1. The predicted molar refractivity (Wildman–Crippen MR) is 132 cm³/mol. The summed E-state index contributed by atoms with van der Waals surface area (Å²) in [6, 6.07) is 13.4. The molecule has 2 N–H and O–H groups in total. The van der Waals surface area contributed by atoms with Gasteiger partial charge in [0.15, 0.2) is 0 Å². The molecule has 0 aliphatic carbocycles. The van der Waals surface area contributed by atoms with Crippen molar-refractivity contribution in [2.75, 3.05) is 56.5 Å². The Hall–Kier alpha value is -2.90. The number of hydrogen-bond acceptors (Lipinski definition) is 4. The summed E-state index contributed by atoms with van der Waals surface area (Å²) in [7, 11) is 2.20. The molecule has 2 aliphatic rings. The molecule has 0 atom stereocenters. The summed E-state index contributed by atoms with van der Waals surface area (Å²) < 4.78 is 14.1. The lowest BCUT2D eigenvalue weighted by Gasteiger charge is -2.42. The second-order valence-corrected chi connectivity index (χ2v) is 9.40. The third kappa shape index (κ3) is 4.61. The predicted octanol–water partition coefficient (Wildman–Crippen LogP) is 4.08. The molecule has 0 bridgehead atoms. The number of piperazine rings is 1. The number of aryl methyl sites for hydroxylation is 1. The maximum atomic E-state index is 14.1. The first kappa shape index (κ1) is 21.9. The lowest BCUT2D eigenvalue weighted by atomic mass is 10.0. The average molecular weight is 450 g/mol. The molecule has 2 aromatic carbocycles. The number of amides is 1. The summed E-state index contributed by atoms with van der Waals surface area (Å²) in [4.78, 5) is 23.4. The molecule has 174 valence electrons. The summed E-state index contributed by atoms with van der Waals surface area (Å²) >= 11 is 0. The van der Waals surface area contributed by atoms with Crippen LogP contribution in [-0.4, -0.2) is 73.0 Å². The number of aromatic amines is 1. The number of nitrogens with one attached hydrogen (secondary N) is 2. The van der Waals surface area contributed by atoms with E-state index in [1.807, 2.05) is 25.1 Å². The minimum Gasteiger partial charge on any atom is -0.371 e. The number of halogens is 1. The van der Waals surface area contributed by atoms with E-state index in [0.29, 0.717) is 22.6 Å². The third-order valence-electron chi connectivity index (χ3n) is 7.18. The van der Waals surface area contributed by atoms with E-state index in [1.54, 1.807) is 12.1 Å². The molecule has 3 aromatic rings. The summed E-state index contributed by atoms with van der Waals surface area (Å²) in [5.74, 6) is -0.594. The zero-order valence-electron chi connectivity index (χ0n) is 19.4. The highest BCUT2D eigenvalue weighted by atomic mass is 19.1. The van der Waals surface area contributed by atoms with Gasteiger partial charge in [0.1, 0.15) is 11.5 Å². The van der Waals surface area contributed by atoms with E-state index in [1.165, 1.54) is 32.0 Å². The molecule has 0 spiro atoms. The standard InChI is InChI=1S/C26H32FN5O/c1-18-6-7-23(27)22-17-24(29-25(18)22)26(33)28-19-4-3-5-21(16-19)31-10-8-20(9-11-31)32-14-12-30(2)13-15-32/h3-7,16-17,20,29H,8-15H2,1-2H3,(H,28,33). The molecular formula is C26H32FN5O. The number of hydrogen-bond donors (Lipinski definition) is 2. The van der Waals surface area contributed by atoms with Crippen molar-refractivity contribution < 1.29 is 9.18 Å². The molecule has 1 aromatic heterocycles. The molecule has 2 fully saturated rings. The van der Waals surface area contributed by atoms with Crippen molar-refractivity contribution in [3.63, 3.8) is 0 Å². The Morgan fingerprint density at radius 1 is 1.03 bits per heavy atom. The summed E-state index contributed by atoms with van der Waals surface area (Å²) in [5, 5.41) is 3.41. The smallest absolute Gasteiger partial charge is 0.272 e. The quantitative estimate of drug-likeness (QED) is 0.630. The van der Waals surface area contributed by atoms with E-state index in [9.17, 15) is 9.18 Å². The van der Waals surface area contributed by atoms with Gasteiger partial charge >= 0.3 is 0 Å². The van der Waals surface area contributed by atoms with E-state index < -0.39 is 0 Å². The van der Waals surface area contributed by atoms with Gasteiger partial charge in [-0.2, -0.15) is 0 Å². The average Bonchev–Trinajstić information content (AvgIpc) is 3.30. The van der Waals surface area contributed by atoms with Crippen LogP contribution < -0.4 is 10.2 Å². The first-order valence-electron chi connectivity index (χ1n) is 11.8. The maximum Gasteiger partial charge on any atom is 0.272 e. The normalized spacial score (nSPS) is 18.7. The number of H-pyrrole nitrogens is 1. The fourth-order valence-electron chi connectivity index (χ4n) is 5.10. The van der Waals surface area contributed by atoms with Crippen LogP contribution in [0.3, 0.4) is 0 Å². The zero-order chi connectivity index (χ0) is 22.9. The summed E-state index contributed by atoms with van der Waals surface area (Å²) in [6.45, 7) is 8.59. The number of anilines is 2. The van der Waals surface area contributed by atoms with E-state index in [-0.39, 0.29) is 11.7 Å². The number of benzene rings is 2. The highest BCUT2D eigenvalue weighted by molar-refractivity contribution is 6.06. The Labute approximate surface area is 194 Å². The van der Waals surface area contributed by atoms with Crippen molar-refractivity contribution in [1.29, 1.82) is 0 Å². The molecule has 0 saturated carbocycles. The van der Waals surface area contributed by atoms with Gasteiger partial charge in [-0.15, -0.1) is 0 Å². The number of rotatable bonds is 4. The van der Waals surface area contributed by atoms with Crippen LogP contribution in [0.2, 0.25) is 0 Å². The van der Waals surface area contributed by atoms with E-state index in [2.05, 4.69) is 38.1 Å². The van der Waals surface area contributed by atoms with Crippen LogP contribution in [-0.2, 0) is 0 Å². The van der Waals surface area contributed by atoms with Crippen LogP contribution in [0, 0.1) is 12.7 Å². The fraction of sp³-hybridized carbons (Fsp3) is 0.423. The molecule has 1 amide bonds. The van der Waals surface area contributed by atoms with Gasteiger partial charge in [0.05, 0.1) is 5.52 Å². The monoisotopic (exact) mass is 449 g/mol. The highest BCUT2D eigenvalue weighted by Gasteiger charge is 2.27. The Morgan fingerprint density at radius 2 is 1.79 bits per heavy atom. The number of nitrogens with zero attached hydrogens (tertiary/aromatic N) is 3. The Balaban J connectivity index is 1.23. The van der Waals surface area contributed by atoms with Gasteiger partial charge in [0.25, 0.3) is 5.91 Å². The van der Waals surface area contributed by atoms with Gasteiger partial charge in [0, 0.05) is 62.1 Å². The van der Waals surface area contributed by atoms with Gasteiger partial charge in [0.2, 0.25) is 0 Å². The minimum absolute atomic E-state index is 0.268. The molecule has 5 rings (SSSR count). The molecule has 2 aliphatic heterocycles. The van der Waals surface area contributed by atoms with E-state index in [0.717, 1.165) is 43.1 Å². The van der Waals surface area contributed by atoms with Crippen molar-refractivity contribution in [1.82, 2.24) is 14.8 Å². The molecule has 2 saturated heterocycles. The number of likely N-dealkylation sites (N-methyl/N-ethyl adjacent to an activating group) is 1. The first-order chi connectivity index (χ1) is 16.0. The topological polar surface area (TPSA) is 54.6 Å². The Morgan fingerprint density at radius 3 is 2.52 bits per heavy atom. The molecule has 3 heterocycles. The van der Waals surface area contributed by atoms with Crippen LogP contribution in [0.5, 0.6) is 0 Å². The first-order valence-corrected chi connectivity index (χ1v) is 11.8. The number of aromatic nitrogens is 1. The minimum atomic E-state index is -0.326. The number of piperidine rings is 1. The fourth-order valence-corrected chi connectivity index (χ4v) is 5.10. The molecule has 0 unspecified atom stereocenters. The lowest BCUT2D eigenvalue weighted by molar-refractivity contribution is 0.0982. The van der Waals surface area contributed by atoms with Gasteiger partial charge in [-0.05, 0) is 62.7 Å². The van der Waals surface area contributed by atoms with Crippen molar-refractivity contribution >= 4 is 28.2 Å². The maximum absolute atomic E-state index is 14.1. The Kier molecular flexibility index (Phi) is 6.08. The van der Waals surface area contributed by atoms with Crippen LogP contribution >= 0.6 is 0 Å². The number of fused-ring (bicyclic) bond motifs is 1. The van der Waals surface area contributed by atoms with Gasteiger partial charge in [-0.25, -0.2) is 4.39 Å². The van der Waals surface area contributed by atoms with Crippen molar-refractivity contribution in [3.05, 3.63) is 59.5 Å². The second kappa shape index (κ2) is 9.15. The van der Waals surface area contributed by atoms with Crippen LogP contribution in [0.15, 0.2) is 42.5 Å². The molecule has 7 heteroatoms.